The van der Waals surface area contributed by atoms with Crippen LogP contribution in [0.2, 0.25) is 0 Å². The minimum atomic E-state index is -3.38. The Labute approximate surface area is 161 Å². The van der Waals surface area contributed by atoms with E-state index in [1.54, 1.807) is 4.31 Å². The van der Waals surface area contributed by atoms with E-state index >= 15 is 0 Å². The molecule has 0 radical (unpaired) electrons. The van der Waals surface area contributed by atoms with E-state index in [0.29, 0.717) is 44.0 Å². The highest BCUT2D eigenvalue weighted by Crippen LogP contribution is 2.24. The lowest BCUT2D eigenvalue weighted by Gasteiger charge is -2.24. The summed E-state index contributed by atoms with van der Waals surface area (Å²) in [6, 6.07) is 13.4. The Morgan fingerprint density at radius 1 is 1.11 bits per heavy atom. The van der Waals surface area contributed by atoms with Gasteiger partial charge in [-0.15, -0.1) is 0 Å². The van der Waals surface area contributed by atoms with Crippen molar-refractivity contribution in [2.24, 2.45) is 0 Å². The van der Waals surface area contributed by atoms with Gasteiger partial charge in [0.05, 0.1) is 11.3 Å². The summed E-state index contributed by atoms with van der Waals surface area (Å²) in [6.45, 7) is 5.91. The van der Waals surface area contributed by atoms with Gasteiger partial charge in [0, 0.05) is 31.9 Å². The van der Waals surface area contributed by atoms with E-state index in [1.807, 2.05) is 55.1 Å². The van der Waals surface area contributed by atoms with Gasteiger partial charge in [-0.25, -0.2) is 13.4 Å². The number of aryl methyl sites for hydroxylation is 2. The quantitative estimate of drug-likeness (QED) is 0.810. The average Bonchev–Trinajstić information content (AvgIpc) is 2.88. The van der Waals surface area contributed by atoms with Crippen molar-refractivity contribution in [3.8, 4) is 6.07 Å². The standard InChI is InChI=1S/C20H24N4O2S/c1-16-13-17(2)22-20(19(16)14-21)23-9-6-10-24(12-11-23)27(25,26)15-18-7-4-3-5-8-18/h3-5,7-8,13H,6,9-12,15H2,1-2H3. The SMILES string of the molecule is Cc1cc(C)c(C#N)c(N2CCCN(S(=O)(=O)Cc3ccccc3)CC2)n1. The molecular weight excluding hydrogens is 360 g/mol. The number of hydrogen-bond donors (Lipinski definition) is 0. The molecule has 0 atom stereocenters. The fourth-order valence-corrected chi connectivity index (χ4v) is 5.01. The summed E-state index contributed by atoms with van der Waals surface area (Å²) in [5.74, 6) is 0.677. The molecule has 0 bridgehead atoms. The first-order valence-corrected chi connectivity index (χ1v) is 10.7. The van der Waals surface area contributed by atoms with Gasteiger partial charge in [0.1, 0.15) is 11.9 Å². The van der Waals surface area contributed by atoms with Crippen LogP contribution in [0.4, 0.5) is 5.82 Å². The van der Waals surface area contributed by atoms with Gasteiger partial charge >= 0.3 is 0 Å². The topological polar surface area (TPSA) is 77.3 Å². The molecule has 0 amide bonds. The van der Waals surface area contributed by atoms with E-state index in [4.69, 9.17) is 0 Å². The van der Waals surface area contributed by atoms with Crippen LogP contribution in [-0.4, -0.2) is 43.9 Å². The van der Waals surface area contributed by atoms with Crippen molar-refractivity contribution in [2.75, 3.05) is 31.1 Å². The maximum absolute atomic E-state index is 12.8. The van der Waals surface area contributed by atoms with Gasteiger partial charge in [0.25, 0.3) is 0 Å². The van der Waals surface area contributed by atoms with Crippen LogP contribution in [0.15, 0.2) is 36.4 Å². The number of benzene rings is 1. The van der Waals surface area contributed by atoms with Crippen molar-refractivity contribution in [3.63, 3.8) is 0 Å². The van der Waals surface area contributed by atoms with Crippen molar-refractivity contribution < 1.29 is 8.42 Å². The lowest BCUT2D eigenvalue weighted by molar-refractivity contribution is 0.432. The Bertz CT molecular complexity index is 952. The Morgan fingerprint density at radius 3 is 2.56 bits per heavy atom. The van der Waals surface area contributed by atoms with Crippen LogP contribution < -0.4 is 4.90 Å². The van der Waals surface area contributed by atoms with Crippen LogP contribution in [0.1, 0.15) is 28.8 Å². The highest BCUT2D eigenvalue weighted by molar-refractivity contribution is 7.88. The van der Waals surface area contributed by atoms with Crippen molar-refractivity contribution >= 4 is 15.8 Å². The van der Waals surface area contributed by atoms with Gasteiger partial charge in [-0.3, -0.25) is 0 Å². The van der Waals surface area contributed by atoms with Crippen molar-refractivity contribution in [1.82, 2.24) is 9.29 Å². The van der Waals surface area contributed by atoms with E-state index < -0.39 is 10.0 Å². The molecule has 142 valence electrons. The maximum Gasteiger partial charge on any atom is 0.218 e. The fraction of sp³-hybridized carbons (Fsp3) is 0.400. The summed E-state index contributed by atoms with van der Waals surface area (Å²) < 4.78 is 27.2. The minimum absolute atomic E-state index is 0.0130. The zero-order valence-corrected chi connectivity index (χ0v) is 16.5. The van der Waals surface area contributed by atoms with Crippen LogP contribution in [0.5, 0.6) is 0 Å². The van der Waals surface area contributed by atoms with E-state index in [-0.39, 0.29) is 5.75 Å². The molecule has 1 aliphatic rings. The van der Waals surface area contributed by atoms with Gasteiger partial charge in [-0.05, 0) is 37.5 Å². The fourth-order valence-electron chi connectivity index (χ4n) is 3.44. The average molecular weight is 385 g/mol. The van der Waals surface area contributed by atoms with E-state index in [9.17, 15) is 13.7 Å². The lowest BCUT2D eigenvalue weighted by Crippen LogP contribution is -2.36. The van der Waals surface area contributed by atoms with Gasteiger partial charge in [-0.2, -0.15) is 9.57 Å². The Morgan fingerprint density at radius 2 is 1.85 bits per heavy atom. The predicted molar refractivity (Wildman–Crippen MR) is 106 cm³/mol. The van der Waals surface area contributed by atoms with Gasteiger partial charge in [0.2, 0.25) is 10.0 Å². The van der Waals surface area contributed by atoms with E-state index in [1.165, 1.54) is 0 Å². The van der Waals surface area contributed by atoms with Crippen LogP contribution in [0.25, 0.3) is 0 Å². The number of nitrogens with zero attached hydrogens (tertiary/aromatic N) is 4. The number of hydrogen-bond acceptors (Lipinski definition) is 5. The summed E-state index contributed by atoms with van der Waals surface area (Å²) in [6.07, 6.45) is 0.702. The van der Waals surface area contributed by atoms with Crippen molar-refractivity contribution in [2.45, 2.75) is 26.0 Å². The largest absolute Gasteiger partial charge is 0.354 e. The molecule has 27 heavy (non-hydrogen) atoms. The molecule has 2 heterocycles. The second-order valence-electron chi connectivity index (χ2n) is 6.87. The summed E-state index contributed by atoms with van der Waals surface area (Å²) >= 11 is 0. The number of aromatic nitrogens is 1. The molecule has 1 aromatic heterocycles. The maximum atomic E-state index is 12.8. The lowest BCUT2D eigenvalue weighted by atomic mass is 10.1. The van der Waals surface area contributed by atoms with E-state index in [2.05, 4.69) is 11.1 Å². The number of pyridine rings is 1. The van der Waals surface area contributed by atoms with Crippen LogP contribution >= 0.6 is 0 Å². The third kappa shape index (κ3) is 4.46. The molecule has 6 nitrogen and oxygen atoms in total. The van der Waals surface area contributed by atoms with E-state index in [0.717, 1.165) is 16.8 Å². The van der Waals surface area contributed by atoms with Gasteiger partial charge < -0.3 is 4.90 Å². The Hall–Kier alpha value is -2.43. The monoisotopic (exact) mass is 384 g/mol. The molecule has 7 heteroatoms. The smallest absolute Gasteiger partial charge is 0.218 e. The third-order valence-electron chi connectivity index (χ3n) is 4.78. The van der Waals surface area contributed by atoms with Gasteiger partial charge in [0.15, 0.2) is 0 Å². The first-order valence-electron chi connectivity index (χ1n) is 9.06. The zero-order chi connectivity index (χ0) is 19.4. The molecule has 3 rings (SSSR count). The first-order chi connectivity index (χ1) is 12.9. The molecule has 0 spiro atoms. The van der Waals surface area contributed by atoms with Crippen LogP contribution in [0.3, 0.4) is 0 Å². The Balaban J connectivity index is 1.77. The molecule has 1 aliphatic heterocycles. The molecular formula is C20H24N4O2S. The number of sulfonamides is 1. The second kappa shape index (κ2) is 8.07. The molecule has 1 fully saturated rings. The second-order valence-corrected chi connectivity index (χ2v) is 8.84. The minimum Gasteiger partial charge on any atom is -0.354 e. The third-order valence-corrected chi connectivity index (χ3v) is 6.63. The molecule has 1 saturated heterocycles. The van der Waals surface area contributed by atoms with Gasteiger partial charge in [-0.1, -0.05) is 30.3 Å². The van der Waals surface area contributed by atoms with Crippen LogP contribution in [0, 0.1) is 25.2 Å². The van der Waals surface area contributed by atoms with Crippen LogP contribution in [-0.2, 0) is 15.8 Å². The predicted octanol–water partition coefficient (Wildman–Crippen LogP) is 2.61. The number of nitriles is 1. The molecule has 0 N–H and O–H groups in total. The molecule has 1 aromatic carbocycles. The molecule has 0 aliphatic carbocycles. The molecule has 2 aromatic rings. The number of rotatable bonds is 4. The normalized spacial score (nSPS) is 16.0. The van der Waals surface area contributed by atoms with Crippen molar-refractivity contribution in [3.05, 3.63) is 58.8 Å². The summed E-state index contributed by atoms with van der Waals surface area (Å²) in [5.41, 5.74) is 3.12. The first kappa shape index (κ1) is 19.3. The Kier molecular flexibility index (Phi) is 5.78. The summed E-state index contributed by atoms with van der Waals surface area (Å²) in [7, 11) is -3.38. The summed E-state index contributed by atoms with van der Waals surface area (Å²) in [4.78, 5) is 6.60. The van der Waals surface area contributed by atoms with Crippen molar-refractivity contribution in [1.29, 1.82) is 5.26 Å². The highest BCUT2D eigenvalue weighted by Gasteiger charge is 2.27. The summed E-state index contributed by atoms with van der Waals surface area (Å²) in [5, 5.41) is 9.51. The highest BCUT2D eigenvalue weighted by atomic mass is 32.2. The molecule has 0 saturated carbocycles. The molecule has 0 unspecified atom stereocenters. The number of anilines is 1. The zero-order valence-electron chi connectivity index (χ0n) is 15.7.